The number of rotatable bonds is 3. The highest BCUT2D eigenvalue weighted by molar-refractivity contribution is 5.37. The van der Waals surface area contributed by atoms with Gasteiger partial charge in [0.25, 0.3) is 0 Å². The summed E-state index contributed by atoms with van der Waals surface area (Å²) < 4.78 is 43.9. The van der Waals surface area contributed by atoms with E-state index in [1.54, 1.807) is 6.92 Å². The average molecular weight is 274 g/mol. The van der Waals surface area contributed by atoms with E-state index in [9.17, 15) is 13.2 Å². The summed E-state index contributed by atoms with van der Waals surface area (Å²) in [7, 11) is 0. The summed E-state index contributed by atoms with van der Waals surface area (Å²) in [5.41, 5.74) is 5.69. The predicted molar refractivity (Wildman–Crippen MR) is 64.8 cm³/mol. The van der Waals surface area contributed by atoms with Crippen molar-refractivity contribution < 1.29 is 17.9 Å². The summed E-state index contributed by atoms with van der Waals surface area (Å²) in [5, 5.41) is 0. The first-order chi connectivity index (χ1) is 8.91. The van der Waals surface area contributed by atoms with Crippen molar-refractivity contribution >= 4 is 0 Å². The molecule has 0 radical (unpaired) electrons. The number of alkyl halides is 3. The SMILES string of the molecule is Cc1cc(C(F)(F)F)nc(OC2CCCC2)c1CN. The maximum atomic E-state index is 12.7. The van der Waals surface area contributed by atoms with Gasteiger partial charge in [-0.25, -0.2) is 4.98 Å². The zero-order valence-electron chi connectivity index (χ0n) is 10.8. The van der Waals surface area contributed by atoms with Crippen LogP contribution in [0, 0.1) is 6.92 Å². The lowest BCUT2D eigenvalue weighted by Gasteiger charge is -2.18. The molecule has 0 saturated heterocycles. The molecule has 1 aliphatic rings. The highest BCUT2D eigenvalue weighted by atomic mass is 19.4. The van der Waals surface area contributed by atoms with Crippen LogP contribution in [0.2, 0.25) is 0 Å². The van der Waals surface area contributed by atoms with Gasteiger partial charge in [0.1, 0.15) is 11.8 Å². The molecular formula is C13H17F3N2O. The third-order valence-corrected chi connectivity index (χ3v) is 3.38. The lowest BCUT2D eigenvalue weighted by atomic mass is 10.1. The van der Waals surface area contributed by atoms with Gasteiger partial charge in [0.05, 0.1) is 0 Å². The molecule has 0 amide bonds. The fourth-order valence-electron chi connectivity index (χ4n) is 2.33. The number of pyridine rings is 1. The molecule has 0 aliphatic heterocycles. The Labute approximate surface area is 110 Å². The highest BCUT2D eigenvalue weighted by Crippen LogP contribution is 2.33. The molecule has 106 valence electrons. The molecule has 3 nitrogen and oxygen atoms in total. The number of nitrogens with two attached hydrogens (primary N) is 1. The van der Waals surface area contributed by atoms with Crippen LogP contribution >= 0.6 is 0 Å². The molecule has 1 aliphatic carbocycles. The van der Waals surface area contributed by atoms with E-state index in [-0.39, 0.29) is 18.5 Å². The average Bonchev–Trinajstić information content (AvgIpc) is 2.80. The summed E-state index contributed by atoms with van der Waals surface area (Å²) in [5.74, 6) is 0.0433. The summed E-state index contributed by atoms with van der Waals surface area (Å²) >= 11 is 0. The zero-order chi connectivity index (χ0) is 14.0. The van der Waals surface area contributed by atoms with Gasteiger partial charge in [-0.1, -0.05) is 0 Å². The van der Waals surface area contributed by atoms with Crippen molar-refractivity contribution in [3.05, 3.63) is 22.9 Å². The van der Waals surface area contributed by atoms with E-state index in [2.05, 4.69) is 4.98 Å². The summed E-state index contributed by atoms with van der Waals surface area (Å²) in [4.78, 5) is 3.61. The third-order valence-electron chi connectivity index (χ3n) is 3.38. The predicted octanol–water partition coefficient (Wildman–Crippen LogP) is 3.19. The molecule has 1 aromatic rings. The van der Waals surface area contributed by atoms with Crippen LogP contribution in [0.4, 0.5) is 13.2 Å². The normalized spacial score (nSPS) is 16.9. The number of halogens is 3. The number of ether oxygens (including phenoxy) is 1. The fourth-order valence-corrected chi connectivity index (χ4v) is 2.33. The van der Waals surface area contributed by atoms with Crippen molar-refractivity contribution in [1.29, 1.82) is 0 Å². The maximum absolute atomic E-state index is 12.7. The summed E-state index contributed by atoms with van der Waals surface area (Å²) in [6, 6.07) is 1.02. The molecule has 0 spiro atoms. The van der Waals surface area contributed by atoms with Crippen molar-refractivity contribution in [1.82, 2.24) is 4.98 Å². The smallest absolute Gasteiger partial charge is 0.433 e. The third kappa shape index (κ3) is 3.18. The van der Waals surface area contributed by atoms with Gasteiger partial charge in [-0.2, -0.15) is 13.2 Å². The van der Waals surface area contributed by atoms with E-state index in [1.807, 2.05) is 0 Å². The Morgan fingerprint density at radius 1 is 1.37 bits per heavy atom. The van der Waals surface area contributed by atoms with Crippen LogP contribution in [0.5, 0.6) is 5.88 Å². The molecule has 0 atom stereocenters. The van der Waals surface area contributed by atoms with Crippen molar-refractivity contribution in [2.75, 3.05) is 0 Å². The van der Waals surface area contributed by atoms with E-state index in [0.29, 0.717) is 11.1 Å². The molecule has 1 aromatic heterocycles. The molecule has 1 saturated carbocycles. The minimum Gasteiger partial charge on any atom is -0.474 e. The van der Waals surface area contributed by atoms with Crippen molar-refractivity contribution in [3.8, 4) is 5.88 Å². The topological polar surface area (TPSA) is 48.1 Å². The molecule has 2 N–H and O–H groups in total. The number of nitrogens with zero attached hydrogens (tertiary/aromatic N) is 1. The van der Waals surface area contributed by atoms with Crippen LogP contribution in [0.3, 0.4) is 0 Å². The van der Waals surface area contributed by atoms with Crippen LogP contribution in [0.25, 0.3) is 0 Å². The Morgan fingerprint density at radius 3 is 2.53 bits per heavy atom. The van der Waals surface area contributed by atoms with E-state index in [0.717, 1.165) is 31.7 Å². The van der Waals surface area contributed by atoms with Gasteiger partial charge < -0.3 is 10.5 Å². The number of hydrogen-bond donors (Lipinski definition) is 1. The highest BCUT2D eigenvalue weighted by Gasteiger charge is 2.34. The van der Waals surface area contributed by atoms with E-state index in [4.69, 9.17) is 10.5 Å². The number of aryl methyl sites for hydroxylation is 1. The quantitative estimate of drug-likeness (QED) is 0.920. The molecule has 6 heteroatoms. The Balaban J connectivity index is 2.35. The van der Waals surface area contributed by atoms with Gasteiger partial charge in [-0.15, -0.1) is 0 Å². The fraction of sp³-hybridized carbons (Fsp3) is 0.615. The molecule has 19 heavy (non-hydrogen) atoms. The van der Waals surface area contributed by atoms with E-state index >= 15 is 0 Å². The van der Waals surface area contributed by atoms with Gasteiger partial charge in [-0.3, -0.25) is 0 Å². The second-order valence-corrected chi connectivity index (χ2v) is 4.83. The van der Waals surface area contributed by atoms with Crippen molar-refractivity contribution in [2.24, 2.45) is 5.73 Å². The maximum Gasteiger partial charge on any atom is 0.433 e. The van der Waals surface area contributed by atoms with Gasteiger partial charge >= 0.3 is 6.18 Å². The van der Waals surface area contributed by atoms with Crippen LogP contribution in [0.15, 0.2) is 6.07 Å². The van der Waals surface area contributed by atoms with Gasteiger partial charge in [-0.05, 0) is 44.2 Å². The molecule has 1 fully saturated rings. The molecule has 2 rings (SSSR count). The zero-order valence-corrected chi connectivity index (χ0v) is 10.8. The Kier molecular flexibility index (Phi) is 3.99. The molecule has 0 aromatic carbocycles. The van der Waals surface area contributed by atoms with Gasteiger partial charge in [0.2, 0.25) is 5.88 Å². The minimum atomic E-state index is -4.47. The molecular weight excluding hydrogens is 257 g/mol. The lowest BCUT2D eigenvalue weighted by Crippen LogP contribution is -2.18. The Bertz CT molecular complexity index is 454. The van der Waals surface area contributed by atoms with Crippen LogP contribution in [0.1, 0.15) is 42.5 Å². The van der Waals surface area contributed by atoms with Gasteiger partial charge in [0.15, 0.2) is 0 Å². The van der Waals surface area contributed by atoms with E-state index < -0.39 is 11.9 Å². The van der Waals surface area contributed by atoms with E-state index in [1.165, 1.54) is 0 Å². The van der Waals surface area contributed by atoms with Crippen LogP contribution in [-0.4, -0.2) is 11.1 Å². The summed E-state index contributed by atoms with van der Waals surface area (Å²) in [6.45, 7) is 1.72. The van der Waals surface area contributed by atoms with Crippen molar-refractivity contribution in [2.45, 2.75) is 51.4 Å². The molecule has 1 heterocycles. The van der Waals surface area contributed by atoms with Crippen molar-refractivity contribution in [3.63, 3.8) is 0 Å². The molecule has 0 bridgehead atoms. The van der Waals surface area contributed by atoms with Crippen LogP contribution < -0.4 is 10.5 Å². The summed E-state index contributed by atoms with van der Waals surface area (Å²) in [6.07, 6.45) is -0.699. The monoisotopic (exact) mass is 274 g/mol. The number of hydrogen-bond acceptors (Lipinski definition) is 3. The largest absolute Gasteiger partial charge is 0.474 e. The first-order valence-corrected chi connectivity index (χ1v) is 6.36. The Morgan fingerprint density at radius 2 is 2.00 bits per heavy atom. The second-order valence-electron chi connectivity index (χ2n) is 4.83. The van der Waals surface area contributed by atoms with Crippen LogP contribution in [-0.2, 0) is 12.7 Å². The Hall–Kier alpha value is -1.30. The minimum absolute atomic E-state index is 0.0410. The van der Waals surface area contributed by atoms with Gasteiger partial charge in [0, 0.05) is 12.1 Å². The lowest BCUT2D eigenvalue weighted by molar-refractivity contribution is -0.141. The first kappa shape index (κ1) is 14.1. The standard InChI is InChI=1S/C13H17F3N2O/c1-8-6-11(13(14,15)16)18-12(10(8)7-17)19-9-4-2-3-5-9/h6,9H,2-5,7,17H2,1H3. The second kappa shape index (κ2) is 5.36. The first-order valence-electron chi connectivity index (χ1n) is 6.36. The molecule has 0 unspecified atom stereocenters. The number of aromatic nitrogens is 1.